The maximum absolute atomic E-state index is 13.5. The molecule has 0 fully saturated rings. The molecule has 0 saturated carbocycles. The van der Waals surface area contributed by atoms with Gasteiger partial charge in [0.25, 0.3) is 5.91 Å². The third-order valence-corrected chi connectivity index (χ3v) is 5.72. The molecule has 170 valence electrons. The highest BCUT2D eigenvalue weighted by Crippen LogP contribution is 2.38. The van der Waals surface area contributed by atoms with Crippen molar-refractivity contribution in [1.82, 2.24) is 19.7 Å². The molecule has 1 aliphatic heterocycles. The number of rotatable bonds is 5. The first-order valence-corrected chi connectivity index (χ1v) is 10.9. The van der Waals surface area contributed by atoms with Crippen LogP contribution >= 0.6 is 0 Å². The Morgan fingerprint density at radius 1 is 1.09 bits per heavy atom. The fourth-order valence-electron chi connectivity index (χ4n) is 4.17. The van der Waals surface area contributed by atoms with Gasteiger partial charge in [0.1, 0.15) is 11.8 Å². The number of ether oxygens (including phenoxy) is 1. The summed E-state index contributed by atoms with van der Waals surface area (Å²) in [6.45, 7) is 3.90. The van der Waals surface area contributed by atoms with Crippen LogP contribution in [0.5, 0.6) is 5.75 Å². The summed E-state index contributed by atoms with van der Waals surface area (Å²) in [6, 6.07) is 18.8. The summed E-state index contributed by atoms with van der Waals surface area (Å²) in [6.07, 6.45) is 3.28. The van der Waals surface area contributed by atoms with Crippen LogP contribution in [0.25, 0.3) is 11.4 Å². The highest BCUT2D eigenvalue weighted by Gasteiger charge is 2.34. The van der Waals surface area contributed by atoms with E-state index in [4.69, 9.17) is 14.8 Å². The van der Waals surface area contributed by atoms with E-state index in [0.29, 0.717) is 34.5 Å². The SMILES string of the molecule is COc1ccccc1-c1nc2n(n1)C(c1cccc(C)c1)C(C(=O)Nc1cccnc1)=C(C)N2. The number of methoxy groups -OCH3 is 1. The number of nitrogens with one attached hydrogen (secondary N) is 2. The molecule has 1 amide bonds. The summed E-state index contributed by atoms with van der Waals surface area (Å²) in [5.74, 6) is 1.52. The van der Waals surface area contributed by atoms with Crippen LogP contribution in [0.15, 0.2) is 84.3 Å². The number of amides is 1. The predicted molar refractivity (Wildman–Crippen MR) is 131 cm³/mol. The molecule has 0 aliphatic carbocycles. The first-order valence-electron chi connectivity index (χ1n) is 10.9. The standard InChI is InChI=1S/C26H24N6O2/c1-16-8-6-9-18(14-16)23-22(25(33)29-19-10-7-13-27-15-19)17(2)28-26-30-24(31-32(23)26)20-11-4-5-12-21(20)34-3/h4-15,23H,1-3H3,(H,29,33)(H,28,30,31). The first-order chi connectivity index (χ1) is 16.5. The molecule has 4 aromatic rings. The Hall–Kier alpha value is -4.46. The van der Waals surface area contributed by atoms with Gasteiger partial charge in [-0.1, -0.05) is 42.0 Å². The lowest BCUT2D eigenvalue weighted by Gasteiger charge is -2.28. The van der Waals surface area contributed by atoms with Gasteiger partial charge in [0, 0.05) is 11.9 Å². The van der Waals surface area contributed by atoms with Gasteiger partial charge in [-0.15, -0.1) is 5.10 Å². The van der Waals surface area contributed by atoms with E-state index in [1.165, 1.54) is 0 Å². The zero-order chi connectivity index (χ0) is 23.7. The van der Waals surface area contributed by atoms with Gasteiger partial charge in [-0.2, -0.15) is 4.98 Å². The summed E-state index contributed by atoms with van der Waals surface area (Å²) in [4.78, 5) is 22.4. The molecule has 34 heavy (non-hydrogen) atoms. The second kappa shape index (κ2) is 8.82. The highest BCUT2D eigenvalue weighted by atomic mass is 16.5. The molecule has 0 bridgehead atoms. The molecule has 5 rings (SSSR count). The average Bonchev–Trinajstić information content (AvgIpc) is 3.27. The summed E-state index contributed by atoms with van der Waals surface area (Å²) in [5, 5.41) is 11.1. The van der Waals surface area contributed by atoms with Crippen LogP contribution < -0.4 is 15.4 Å². The smallest absolute Gasteiger partial charge is 0.255 e. The normalized spacial score (nSPS) is 14.9. The van der Waals surface area contributed by atoms with Gasteiger partial charge < -0.3 is 15.4 Å². The molecule has 2 aromatic carbocycles. The minimum absolute atomic E-state index is 0.232. The molecule has 1 atom stereocenters. The molecule has 1 aliphatic rings. The van der Waals surface area contributed by atoms with Crippen molar-refractivity contribution in [3.8, 4) is 17.1 Å². The number of carbonyl (C=O) groups excluding carboxylic acids is 1. The monoisotopic (exact) mass is 452 g/mol. The molecular formula is C26H24N6O2. The van der Waals surface area contributed by atoms with E-state index >= 15 is 0 Å². The number of carbonyl (C=O) groups is 1. The van der Waals surface area contributed by atoms with E-state index < -0.39 is 6.04 Å². The summed E-state index contributed by atoms with van der Waals surface area (Å²) >= 11 is 0. The van der Waals surface area contributed by atoms with Gasteiger partial charge in [0.05, 0.1) is 30.1 Å². The molecule has 0 radical (unpaired) electrons. The number of allylic oxidation sites excluding steroid dienone is 1. The van der Waals surface area contributed by atoms with Gasteiger partial charge in [0.15, 0.2) is 5.82 Å². The Bertz CT molecular complexity index is 1390. The number of para-hydroxylation sites is 1. The number of anilines is 2. The largest absolute Gasteiger partial charge is 0.496 e. The van der Waals surface area contributed by atoms with Gasteiger partial charge in [-0.05, 0) is 43.7 Å². The summed E-state index contributed by atoms with van der Waals surface area (Å²) in [7, 11) is 1.62. The zero-order valence-corrected chi connectivity index (χ0v) is 19.1. The molecule has 8 nitrogen and oxygen atoms in total. The van der Waals surface area contributed by atoms with Crippen molar-refractivity contribution in [2.75, 3.05) is 17.7 Å². The number of fused-ring (bicyclic) bond motifs is 1. The third-order valence-electron chi connectivity index (χ3n) is 5.72. The molecular weight excluding hydrogens is 428 g/mol. The van der Waals surface area contributed by atoms with E-state index in [-0.39, 0.29) is 5.91 Å². The highest BCUT2D eigenvalue weighted by molar-refractivity contribution is 6.06. The molecule has 0 spiro atoms. The Kier molecular flexibility index (Phi) is 5.55. The average molecular weight is 453 g/mol. The minimum atomic E-state index is -0.469. The van der Waals surface area contributed by atoms with Crippen LogP contribution in [-0.4, -0.2) is 32.8 Å². The summed E-state index contributed by atoms with van der Waals surface area (Å²) < 4.78 is 7.28. The topological polar surface area (TPSA) is 94.0 Å². The van der Waals surface area contributed by atoms with Crippen molar-refractivity contribution in [2.24, 2.45) is 0 Å². The zero-order valence-electron chi connectivity index (χ0n) is 19.1. The lowest BCUT2D eigenvalue weighted by molar-refractivity contribution is -0.113. The van der Waals surface area contributed by atoms with E-state index in [1.807, 2.05) is 56.3 Å². The van der Waals surface area contributed by atoms with Crippen LogP contribution in [0.1, 0.15) is 24.1 Å². The number of nitrogens with zero attached hydrogens (tertiary/aromatic N) is 4. The van der Waals surface area contributed by atoms with Crippen LogP contribution in [-0.2, 0) is 4.79 Å². The quantitative estimate of drug-likeness (QED) is 0.460. The molecule has 8 heteroatoms. The predicted octanol–water partition coefficient (Wildman–Crippen LogP) is 4.58. The third kappa shape index (κ3) is 3.90. The molecule has 0 saturated heterocycles. The van der Waals surface area contributed by atoms with Gasteiger partial charge in [-0.3, -0.25) is 9.78 Å². The number of aryl methyl sites for hydroxylation is 1. The lowest BCUT2D eigenvalue weighted by Crippen LogP contribution is -2.31. The van der Waals surface area contributed by atoms with Gasteiger partial charge >= 0.3 is 0 Å². The molecule has 1 unspecified atom stereocenters. The van der Waals surface area contributed by atoms with E-state index in [2.05, 4.69) is 21.7 Å². The fraction of sp³-hybridized carbons (Fsp3) is 0.154. The fourth-order valence-corrected chi connectivity index (χ4v) is 4.17. The molecule has 2 aromatic heterocycles. The van der Waals surface area contributed by atoms with Crippen LogP contribution in [0.4, 0.5) is 11.6 Å². The van der Waals surface area contributed by atoms with E-state index in [9.17, 15) is 4.79 Å². The van der Waals surface area contributed by atoms with E-state index in [0.717, 1.165) is 16.7 Å². The van der Waals surface area contributed by atoms with Crippen molar-refractivity contribution >= 4 is 17.5 Å². The Morgan fingerprint density at radius 3 is 2.71 bits per heavy atom. The van der Waals surface area contributed by atoms with Gasteiger partial charge in [0.2, 0.25) is 5.95 Å². The lowest BCUT2D eigenvalue weighted by atomic mass is 9.94. The van der Waals surface area contributed by atoms with Crippen molar-refractivity contribution in [2.45, 2.75) is 19.9 Å². The number of hydrogen-bond acceptors (Lipinski definition) is 6. The van der Waals surface area contributed by atoms with Crippen LogP contribution in [0.2, 0.25) is 0 Å². The number of pyridine rings is 1. The van der Waals surface area contributed by atoms with Crippen molar-refractivity contribution in [1.29, 1.82) is 0 Å². The Labute approximate surface area is 197 Å². The maximum Gasteiger partial charge on any atom is 0.255 e. The Morgan fingerprint density at radius 2 is 1.94 bits per heavy atom. The second-order valence-corrected chi connectivity index (χ2v) is 8.08. The first kappa shape index (κ1) is 21.4. The van der Waals surface area contributed by atoms with Crippen LogP contribution in [0, 0.1) is 6.92 Å². The number of aromatic nitrogens is 4. The molecule has 3 heterocycles. The number of benzene rings is 2. The van der Waals surface area contributed by atoms with Crippen molar-refractivity contribution < 1.29 is 9.53 Å². The Balaban J connectivity index is 1.63. The minimum Gasteiger partial charge on any atom is -0.496 e. The van der Waals surface area contributed by atoms with E-state index in [1.54, 1.807) is 36.3 Å². The summed E-state index contributed by atoms with van der Waals surface area (Å²) in [5.41, 5.74) is 4.69. The van der Waals surface area contributed by atoms with Crippen molar-refractivity contribution in [3.63, 3.8) is 0 Å². The van der Waals surface area contributed by atoms with Crippen LogP contribution in [0.3, 0.4) is 0 Å². The molecule has 2 N–H and O–H groups in total. The number of hydrogen-bond donors (Lipinski definition) is 2. The van der Waals surface area contributed by atoms with Crippen molar-refractivity contribution in [3.05, 3.63) is 95.5 Å². The van der Waals surface area contributed by atoms with Gasteiger partial charge in [-0.25, -0.2) is 4.68 Å². The maximum atomic E-state index is 13.5. The second-order valence-electron chi connectivity index (χ2n) is 8.08.